The topological polar surface area (TPSA) is 125 Å². The normalized spacial score (nSPS) is 23.4. The molecule has 0 radical (unpaired) electrons. The van der Waals surface area contributed by atoms with Gasteiger partial charge in [-0.25, -0.2) is 0 Å². The zero-order valence-corrected chi connectivity index (χ0v) is 26.8. The van der Waals surface area contributed by atoms with E-state index in [0.29, 0.717) is 6.42 Å². The van der Waals surface area contributed by atoms with Gasteiger partial charge >= 0.3 is 0 Å². The molecule has 3 aliphatic rings. The summed E-state index contributed by atoms with van der Waals surface area (Å²) in [6.45, 7) is 11.3. The Kier molecular flexibility index (Phi) is 9.96. The number of fused-ring (bicyclic) bond motifs is 2. The number of nitrogens with one attached hydrogen (secondary N) is 3. The molecule has 1 heterocycles. The Labute approximate surface area is 263 Å². The number of carbonyl (C=O) groups excluding carboxylic acids is 5. The molecule has 1 aromatic rings. The lowest BCUT2D eigenvalue weighted by atomic mass is 9.89. The predicted octanol–water partition coefficient (Wildman–Crippen LogP) is 3.11. The van der Waals surface area contributed by atoms with Crippen LogP contribution in [0.2, 0.25) is 0 Å². The molecule has 1 saturated carbocycles. The quantitative estimate of drug-likeness (QED) is 0.186. The van der Waals surface area contributed by atoms with E-state index in [1.54, 1.807) is 11.0 Å². The maximum atomic E-state index is 13.8. The highest BCUT2D eigenvalue weighted by Gasteiger charge is 2.74. The first-order valence-electron chi connectivity index (χ1n) is 14.9. The number of alkyl halides is 2. The van der Waals surface area contributed by atoms with Crippen LogP contribution in [0.5, 0.6) is 0 Å². The number of ketones is 1. The van der Waals surface area contributed by atoms with Gasteiger partial charge in [0.1, 0.15) is 10.4 Å². The molecule has 1 saturated heterocycles. The number of carbonyl (C=O) groups is 5. The van der Waals surface area contributed by atoms with Crippen LogP contribution in [-0.4, -0.2) is 69.4 Å². The Morgan fingerprint density at radius 1 is 1.12 bits per heavy atom. The van der Waals surface area contributed by atoms with Crippen molar-refractivity contribution < 1.29 is 24.0 Å². The molecular formula is C32H42Cl2N4O5. The van der Waals surface area contributed by atoms with Crippen LogP contribution < -0.4 is 16.0 Å². The van der Waals surface area contributed by atoms with Gasteiger partial charge < -0.3 is 20.9 Å². The van der Waals surface area contributed by atoms with Crippen LogP contribution in [0.4, 0.5) is 0 Å². The third kappa shape index (κ3) is 7.43. The second kappa shape index (κ2) is 13.0. The van der Waals surface area contributed by atoms with E-state index < -0.39 is 45.5 Å². The van der Waals surface area contributed by atoms with E-state index in [9.17, 15) is 24.0 Å². The van der Waals surface area contributed by atoms with Crippen LogP contribution >= 0.6 is 23.2 Å². The zero-order chi connectivity index (χ0) is 31.7. The summed E-state index contributed by atoms with van der Waals surface area (Å²) in [5.41, 5.74) is 2.06. The van der Waals surface area contributed by atoms with Gasteiger partial charge in [0.15, 0.2) is 0 Å². The number of hydrogen-bond donors (Lipinski definition) is 3. The molecule has 0 unspecified atom stereocenters. The van der Waals surface area contributed by atoms with Crippen molar-refractivity contribution >= 4 is 52.6 Å². The molecule has 0 spiro atoms. The van der Waals surface area contributed by atoms with Crippen molar-refractivity contribution in [2.45, 2.75) is 81.8 Å². The smallest absolute Gasteiger partial charge is 0.289 e. The molecule has 3 N–H and O–H groups in total. The first-order valence-corrected chi connectivity index (χ1v) is 15.7. The fraction of sp³-hybridized carbons (Fsp3) is 0.594. The lowest BCUT2D eigenvalue weighted by Gasteiger charge is -2.33. The number of allylic oxidation sites excluding steroid dienone is 1. The van der Waals surface area contributed by atoms with E-state index >= 15 is 0 Å². The summed E-state index contributed by atoms with van der Waals surface area (Å²) in [6.07, 6.45) is 3.69. The lowest BCUT2D eigenvalue weighted by Crippen LogP contribution is -2.56. The summed E-state index contributed by atoms with van der Waals surface area (Å²) in [4.78, 5) is 67.1. The summed E-state index contributed by atoms with van der Waals surface area (Å²) in [6, 6.07) is 6.06. The van der Waals surface area contributed by atoms with E-state index in [1.165, 1.54) is 11.1 Å². The minimum atomic E-state index is -1.15. The SMILES string of the molecule is C=CCC[C@H](NC(=O)[C@@H]1[C@@H]2[C@H](CN1C(=O)[C@@H](C)C1Cc3ccccc3C1)C2(Cl)Cl)C(=O)C(=O)NCCC(=O)NC(C)(C)C. The first-order chi connectivity index (χ1) is 20.2. The van der Waals surface area contributed by atoms with Crippen LogP contribution in [0.15, 0.2) is 36.9 Å². The van der Waals surface area contributed by atoms with Crippen molar-refractivity contribution in [3.05, 3.63) is 48.0 Å². The van der Waals surface area contributed by atoms with E-state index in [0.717, 1.165) is 12.8 Å². The van der Waals surface area contributed by atoms with Gasteiger partial charge in [-0.05, 0) is 63.5 Å². The number of Topliss-reactive ketones (excluding diaryl/α,β-unsaturated/α-hetero) is 1. The van der Waals surface area contributed by atoms with Crippen molar-refractivity contribution in [2.24, 2.45) is 23.7 Å². The van der Waals surface area contributed by atoms with Crippen LogP contribution in [-0.2, 0) is 36.8 Å². The number of likely N-dealkylation sites (tertiary alicyclic amines) is 1. The third-order valence-electron chi connectivity index (χ3n) is 8.73. The molecule has 4 amide bonds. The highest BCUT2D eigenvalue weighted by molar-refractivity contribution is 6.51. The summed E-state index contributed by atoms with van der Waals surface area (Å²) < 4.78 is -1.14. The number of hydrogen-bond acceptors (Lipinski definition) is 5. The Hall–Kier alpha value is -2.91. The van der Waals surface area contributed by atoms with E-state index in [4.69, 9.17) is 23.2 Å². The second-order valence-corrected chi connectivity index (χ2v) is 14.5. The number of benzene rings is 1. The Bertz CT molecular complexity index is 1270. The monoisotopic (exact) mass is 632 g/mol. The van der Waals surface area contributed by atoms with Crippen molar-refractivity contribution in [1.29, 1.82) is 0 Å². The van der Waals surface area contributed by atoms with Crippen molar-refractivity contribution in [3.63, 3.8) is 0 Å². The maximum Gasteiger partial charge on any atom is 0.289 e. The molecule has 1 aromatic carbocycles. The number of piperidine rings is 1. The van der Waals surface area contributed by atoms with Crippen LogP contribution in [0.1, 0.15) is 58.1 Å². The predicted molar refractivity (Wildman–Crippen MR) is 165 cm³/mol. The summed E-state index contributed by atoms with van der Waals surface area (Å²) in [5.74, 6) is -3.66. The second-order valence-electron chi connectivity index (χ2n) is 13.1. The number of rotatable bonds is 12. The minimum absolute atomic E-state index is 0.0000253. The van der Waals surface area contributed by atoms with Gasteiger partial charge in [0.05, 0.1) is 6.04 Å². The molecule has 4 rings (SSSR count). The molecular weight excluding hydrogens is 591 g/mol. The molecule has 9 nitrogen and oxygen atoms in total. The summed E-state index contributed by atoms with van der Waals surface area (Å²) in [7, 11) is 0. The van der Waals surface area contributed by atoms with E-state index in [2.05, 4.69) is 34.7 Å². The molecule has 2 fully saturated rings. The van der Waals surface area contributed by atoms with Crippen LogP contribution in [0, 0.1) is 23.7 Å². The Morgan fingerprint density at radius 2 is 1.74 bits per heavy atom. The van der Waals surface area contributed by atoms with Gasteiger partial charge in [-0.15, -0.1) is 29.8 Å². The van der Waals surface area contributed by atoms with Crippen LogP contribution in [0.3, 0.4) is 0 Å². The molecule has 5 atom stereocenters. The zero-order valence-electron chi connectivity index (χ0n) is 25.3. The van der Waals surface area contributed by atoms with E-state index in [-0.39, 0.29) is 55.5 Å². The maximum absolute atomic E-state index is 13.8. The minimum Gasteiger partial charge on any atom is -0.351 e. The molecule has 234 valence electrons. The summed E-state index contributed by atoms with van der Waals surface area (Å²) in [5, 5.41) is 7.99. The van der Waals surface area contributed by atoms with Crippen LogP contribution in [0.25, 0.3) is 0 Å². The number of halogens is 2. The molecule has 43 heavy (non-hydrogen) atoms. The lowest BCUT2D eigenvalue weighted by molar-refractivity contribution is -0.145. The van der Waals surface area contributed by atoms with Crippen molar-refractivity contribution in [3.8, 4) is 0 Å². The van der Waals surface area contributed by atoms with Gasteiger partial charge in [0.2, 0.25) is 23.5 Å². The van der Waals surface area contributed by atoms with E-state index in [1.807, 2.05) is 39.8 Å². The average Bonchev–Trinajstić information content (AvgIpc) is 3.30. The molecule has 2 aliphatic carbocycles. The first kappa shape index (κ1) is 33.0. The molecule has 0 bridgehead atoms. The third-order valence-corrected chi connectivity index (χ3v) is 9.80. The Balaban J connectivity index is 1.41. The van der Waals surface area contributed by atoms with Gasteiger partial charge in [0, 0.05) is 42.8 Å². The largest absolute Gasteiger partial charge is 0.351 e. The molecule has 0 aromatic heterocycles. The highest BCUT2D eigenvalue weighted by Crippen LogP contribution is 2.65. The van der Waals surface area contributed by atoms with Gasteiger partial charge in [0.25, 0.3) is 5.91 Å². The number of nitrogens with zero attached hydrogens (tertiary/aromatic N) is 1. The fourth-order valence-corrected chi connectivity index (χ4v) is 7.20. The molecule has 11 heteroatoms. The Morgan fingerprint density at radius 3 is 2.33 bits per heavy atom. The standard InChI is InChI=1S/C32H42Cl2N4O5/c1-6-7-12-23(27(40)29(42)35-14-13-24(39)37-31(3,4)5)36-28(41)26-25-22(32(25,33)34)17-38(26)30(43)18(2)21-15-19-10-8-9-11-20(19)16-21/h6,8-11,18,21-23,25-26H,1,7,12-17H2,2-5H3,(H,35,42)(H,36,41)(H,37,39)/t18-,22-,23-,25-,26-/m0/s1. The summed E-state index contributed by atoms with van der Waals surface area (Å²) >= 11 is 13.0. The number of amides is 4. The van der Waals surface area contributed by atoms with Gasteiger partial charge in [-0.1, -0.05) is 37.3 Å². The average molecular weight is 634 g/mol. The fourth-order valence-electron chi connectivity index (χ4n) is 6.37. The molecule has 1 aliphatic heterocycles. The van der Waals surface area contributed by atoms with Gasteiger partial charge in [-0.2, -0.15) is 0 Å². The highest BCUT2D eigenvalue weighted by atomic mass is 35.5. The van der Waals surface area contributed by atoms with Gasteiger partial charge in [-0.3, -0.25) is 24.0 Å². The van der Waals surface area contributed by atoms with Crippen molar-refractivity contribution in [2.75, 3.05) is 13.1 Å². The van der Waals surface area contributed by atoms with Crippen molar-refractivity contribution in [1.82, 2.24) is 20.9 Å².